The largest absolute Gasteiger partial charge is 0.444 e. The molecule has 1 aliphatic heterocycles. The van der Waals surface area contributed by atoms with E-state index >= 15 is 0 Å². The zero-order valence-electron chi connectivity index (χ0n) is 12.3. The quantitative estimate of drug-likeness (QED) is 0.856. The van der Waals surface area contributed by atoms with Crippen molar-refractivity contribution in [1.29, 1.82) is 0 Å². The highest BCUT2D eigenvalue weighted by molar-refractivity contribution is 5.68. The summed E-state index contributed by atoms with van der Waals surface area (Å²) in [6.07, 6.45) is 4.31. The summed E-state index contributed by atoms with van der Waals surface area (Å²) in [4.78, 5) is 17.7. The van der Waals surface area contributed by atoms with E-state index in [0.717, 1.165) is 12.0 Å². The maximum Gasteiger partial charge on any atom is 0.410 e. The smallest absolute Gasteiger partial charge is 0.410 e. The Bertz CT molecular complexity index is 470. The van der Waals surface area contributed by atoms with Gasteiger partial charge in [0.1, 0.15) is 11.2 Å². The second-order valence-corrected chi connectivity index (χ2v) is 6.28. The van der Waals surface area contributed by atoms with Crippen LogP contribution in [0, 0.1) is 0 Å². The van der Waals surface area contributed by atoms with Crippen LogP contribution in [0.3, 0.4) is 0 Å². The number of amides is 1. The van der Waals surface area contributed by atoms with Crippen molar-refractivity contribution in [2.45, 2.75) is 44.8 Å². The Kier molecular flexibility index (Phi) is 3.99. The zero-order chi connectivity index (χ0) is 14.8. The van der Waals surface area contributed by atoms with E-state index in [1.54, 1.807) is 23.4 Å². The van der Waals surface area contributed by atoms with Crippen LogP contribution >= 0.6 is 0 Å². The molecule has 110 valence electrons. The fraction of sp³-hybridized carbons (Fsp3) is 0.600. The molecule has 1 N–H and O–H groups in total. The first kappa shape index (κ1) is 14.8. The molecule has 1 aromatic heterocycles. The van der Waals surface area contributed by atoms with E-state index in [1.165, 1.54) is 0 Å². The number of hydrogen-bond acceptors (Lipinski definition) is 4. The zero-order valence-corrected chi connectivity index (χ0v) is 12.3. The van der Waals surface area contributed by atoms with Gasteiger partial charge in [-0.05, 0) is 39.7 Å². The van der Waals surface area contributed by atoms with E-state index in [-0.39, 0.29) is 12.6 Å². The summed E-state index contributed by atoms with van der Waals surface area (Å²) in [7, 11) is 0. The molecule has 0 radical (unpaired) electrons. The number of carbonyl (C=O) groups excluding carboxylic acids is 1. The summed E-state index contributed by atoms with van der Waals surface area (Å²) in [6.45, 7) is 6.36. The van der Waals surface area contributed by atoms with E-state index in [2.05, 4.69) is 4.98 Å². The van der Waals surface area contributed by atoms with Crippen LogP contribution in [0.5, 0.6) is 0 Å². The summed E-state index contributed by atoms with van der Waals surface area (Å²) < 4.78 is 5.37. The van der Waals surface area contributed by atoms with Crippen molar-refractivity contribution in [2.75, 3.05) is 13.1 Å². The highest BCUT2D eigenvalue weighted by Gasteiger charge is 2.38. The van der Waals surface area contributed by atoms with Gasteiger partial charge in [0.2, 0.25) is 0 Å². The number of β-amino-alcohol motifs (C(OH)–C–C–N with tert-alkyl or cyclic N) is 1. The third-order valence-corrected chi connectivity index (χ3v) is 3.32. The predicted molar refractivity (Wildman–Crippen MR) is 75.2 cm³/mol. The molecule has 1 amide bonds. The van der Waals surface area contributed by atoms with Crippen LogP contribution in [0.2, 0.25) is 0 Å². The van der Waals surface area contributed by atoms with E-state index in [0.29, 0.717) is 13.0 Å². The summed E-state index contributed by atoms with van der Waals surface area (Å²) >= 11 is 0. The van der Waals surface area contributed by atoms with Gasteiger partial charge in [0.05, 0.1) is 6.54 Å². The van der Waals surface area contributed by atoms with Gasteiger partial charge in [-0.3, -0.25) is 4.98 Å². The first-order valence-electron chi connectivity index (χ1n) is 6.91. The Morgan fingerprint density at radius 3 is 2.85 bits per heavy atom. The first-order chi connectivity index (χ1) is 9.30. The lowest BCUT2D eigenvalue weighted by atomic mass is 9.87. The lowest BCUT2D eigenvalue weighted by Gasteiger charge is -2.39. The number of aliphatic hydroxyl groups is 1. The Balaban J connectivity index is 2.11. The van der Waals surface area contributed by atoms with E-state index in [1.807, 2.05) is 26.8 Å². The van der Waals surface area contributed by atoms with E-state index < -0.39 is 11.2 Å². The second kappa shape index (κ2) is 5.40. The van der Waals surface area contributed by atoms with Crippen LogP contribution in [0.15, 0.2) is 24.5 Å². The molecular formula is C15H22N2O3. The Labute approximate surface area is 119 Å². The maximum atomic E-state index is 12.1. The minimum atomic E-state index is -1.04. The molecule has 1 aliphatic rings. The monoisotopic (exact) mass is 278 g/mol. The van der Waals surface area contributed by atoms with Crippen LogP contribution in [-0.2, 0) is 10.3 Å². The van der Waals surface area contributed by atoms with Gasteiger partial charge in [-0.2, -0.15) is 0 Å². The number of nitrogens with zero attached hydrogens (tertiary/aromatic N) is 2. The van der Waals surface area contributed by atoms with Crippen molar-refractivity contribution >= 4 is 6.09 Å². The number of likely N-dealkylation sites (tertiary alicyclic amines) is 1. The number of ether oxygens (including phenoxy) is 1. The SMILES string of the molecule is CC(C)(C)OC(=O)N1CCCC(O)(c2cccnc2)C1. The summed E-state index contributed by atoms with van der Waals surface area (Å²) in [5, 5.41) is 10.8. The minimum absolute atomic E-state index is 0.244. The van der Waals surface area contributed by atoms with Gasteiger partial charge < -0.3 is 14.7 Å². The van der Waals surface area contributed by atoms with Gasteiger partial charge >= 0.3 is 6.09 Å². The van der Waals surface area contributed by atoms with Crippen molar-refractivity contribution in [1.82, 2.24) is 9.88 Å². The van der Waals surface area contributed by atoms with Crippen LogP contribution in [0.25, 0.3) is 0 Å². The fourth-order valence-corrected chi connectivity index (χ4v) is 2.39. The van der Waals surface area contributed by atoms with Gasteiger partial charge in [0.15, 0.2) is 0 Å². The second-order valence-electron chi connectivity index (χ2n) is 6.28. The number of pyridine rings is 1. The van der Waals surface area contributed by atoms with Crippen LogP contribution < -0.4 is 0 Å². The highest BCUT2D eigenvalue weighted by Crippen LogP contribution is 2.31. The van der Waals surface area contributed by atoms with Gasteiger partial charge in [-0.15, -0.1) is 0 Å². The number of piperidine rings is 1. The molecule has 1 atom stereocenters. The molecule has 0 aromatic carbocycles. The number of hydrogen-bond donors (Lipinski definition) is 1. The molecule has 1 saturated heterocycles. The van der Waals surface area contributed by atoms with Crippen molar-refractivity contribution in [2.24, 2.45) is 0 Å². The molecule has 0 saturated carbocycles. The Hall–Kier alpha value is -1.62. The van der Waals surface area contributed by atoms with Crippen molar-refractivity contribution in [3.05, 3.63) is 30.1 Å². The molecule has 5 heteroatoms. The number of aromatic nitrogens is 1. The molecule has 2 rings (SSSR count). The van der Waals surface area contributed by atoms with Crippen molar-refractivity contribution in [3.8, 4) is 0 Å². The average Bonchev–Trinajstić information content (AvgIpc) is 2.38. The lowest BCUT2D eigenvalue weighted by molar-refractivity contribution is -0.0467. The Morgan fingerprint density at radius 1 is 1.50 bits per heavy atom. The molecular weight excluding hydrogens is 256 g/mol. The molecule has 5 nitrogen and oxygen atoms in total. The lowest BCUT2D eigenvalue weighted by Crippen LogP contribution is -2.49. The summed E-state index contributed by atoms with van der Waals surface area (Å²) in [5.74, 6) is 0. The van der Waals surface area contributed by atoms with Crippen LogP contribution in [0.4, 0.5) is 4.79 Å². The third kappa shape index (κ3) is 3.48. The molecule has 1 fully saturated rings. The van der Waals surface area contributed by atoms with Gasteiger partial charge in [-0.25, -0.2) is 4.79 Å². The number of rotatable bonds is 1. The molecule has 0 spiro atoms. The average molecular weight is 278 g/mol. The van der Waals surface area contributed by atoms with Crippen LogP contribution in [0.1, 0.15) is 39.2 Å². The molecule has 1 unspecified atom stereocenters. The topological polar surface area (TPSA) is 62.7 Å². The molecule has 1 aromatic rings. The summed E-state index contributed by atoms with van der Waals surface area (Å²) in [5.41, 5.74) is -0.821. The van der Waals surface area contributed by atoms with Gasteiger partial charge in [-0.1, -0.05) is 6.07 Å². The third-order valence-electron chi connectivity index (χ3n) is 3.32. The van der Waals surface area contributed by atoms with Gasteiger partial charge in [0.25, 0.3) is 0 Å². The van der Waals surface area contributed by atoms with E-state index in [4.69, 9.17) is 4.74 Å². The summed E-state index contributed by atoms with van der Waals surface area (Å²) in [6, 6.07) is 3.63. The number of carbonyl (C=O) groups is 1. The maximum absolute atomic E-state index is 12.1. The molecule has 0 bridgehead atoms. The predicted octanol–water partition coefficient (Wildman–Crippen LogP) is 2.30. The first-order valence-corrected chi connectivity index (χ1v) is 6.91. The fourth-order valence-electron chi connectivity index (χ4n) is 2.39. The van der Waals surface area contributed by atoms with Crippen molar-refractivity contribution < 1.29 is 14.6 Å². The Morgan fingerprint density at radius 2 is 2.25 bits per heavy atom. The molecule has 0 aliphatic carbocycles. The standard InChI is InChI=1S/C15H22N2O3/c1-14(2,3)20-13(18)17-9-5-7-15(19,11-17)12-6-4-8-16-10-12/h4,6,8,10,19H,5,7,9,11H2,1-3H3. The molecule has 2 heterocycles. The van der Waals surface area contributed by atoms with Crippen molar-refractivity contribution in [3.63, 3.8) is 0 Å². The van der Waals surface area contributed by atoms with Gasteiger partial charge in [0, 0.05) is 24.5 Å². The molecule has 20 heavy (non-hydrogen) atoms. The highest BCUT2D eigenvalue weighted by atomic mass is 16.6. The van der Waals surface area contributed by atoms with Crippen LogP contribution in [-0.4, -0.2) is 39.8 Å². The normalized spacial score (nSPS) is 23.5. The van der Waals surface area contributed by atoms with E-state index in [9.17, 15) is 9.90 Å². The minimum Gasteiger partial charge on any atom is -0.444 e.